The van der Waals surface area contributed by atoms with Crippen LogP contribution in [-0.4, -0.2) is 23.0 Å². The first kappa shape index (κ1) is 17.4. The molecule has 130 valence electrons. The zero-order chi connectivity index (χ0) is 18.0. The van der Waals surface area contributed by atoms with Crippen LogP contribution in [0.25, 0.3) is 0 Å². The zero-order valence-corrected chi connectivity index (χ0v) is 14.1. The molecule has 2 N–H and O–H groups in total. The standard InChI is InChI=1S/C19H17ClFNO3/c20-14-6-3-7-15(21)13(14)8-9-17(23)22-16-10-11-4-1-2-5-12(11)18(16)19(24)25/h1-7,16,18H,8-10H2,(H,22,23)(H,24,25). The van der Waals surface area contributed by atoms with Gasteiger partial charge < -0.3 is 10.4 Å². The summed E-state index contributed by atoms with van der Waals surface area (Å²) in [6.07, 6.45) is 0.675. The van der Waals surface area contributed by atoms with Crippen LogP contribution in [0.1, 0.15) is 29.0 Å². The third-order valence-corrected chi connectivity index (χ3v) is 4.86. The van der Waals surface area contributed by atoms with Crippen LogP contribution in [0.2, 0.25) is 5.02 Å². The van der Waals surface area contributed by atoms with E-state index in [1.54, 1.807) is 18.2 Å². The normalized spacial score (nSPS) is 18.6. The molecule has 0 spiro atoms. The van der Waals surface area contributed by atoms with Crippen LogP contribution in [0.15, 0.2) is 42.5 Å². The van der Waals surface area contributed by atoms with Crippen LogP contribution in [0.3, 0.4) is 0 Å². The van der Waals surface area contributed by atoms with Gasteiger partial charge in [0.05, 0.1) is 6.04 Å². The van der Waals surface area contributed by atoms with Crippen LogP contribution < -0.4 is 5.32 Å². The summed E-state index contributed by atoms with van der Waals surface area (Å²) in [6.45, 7) is 0. The van der Waals surface area contributed by atoms with Crippen molar-refractivity contribution in [2.24, 2.45) is 0 Å². The molecule has 0 aromatic heterocycles. The van der Waals surface area contributed by atoms with Crippen LogP contribution in [-0.2, 0) is 22.4 Å². The third-order valence-electron chi connectivity index (χ3n) is 4.51. The van der Waals surface area contributed by atoms with E-state index in [0.29, 0.717) is 12.0 Å². The molecule has 0 aliphatic heterocycles. The fourth-order valence-corrected chi connectivity index (χ4v) is 3.58. The van der Waals surface area contributed by atoms with Gasteiger partial charge in [-0.3, -0.25) is 9.59 Å². The Bertz CT molecular complexity index is 804. The summed E-state index contributed by atoms with van der Waals surface area (Å²) >= 11 is 5.96. The van der Waals surface area contributed by atoms with Gasteiger partial charge in [0, 0.05) is 17.0 Å². The number of hydrogen-bond donors (Lipinski definition) is 2. The van der Waals surface area contributed by atoms with Crippen molar-refractivity contribution < 1.29 is 19.1 Å². The highest BCUT2D eigenvalue weighted by molar-refractivity contribution is 6.31. The zero-order valence-electron chi connectivity index (χ0n) is 13.3. The number of carbonyl (C=O) groups is 2. The summed E-state index contributed by atoms with van der Waals surface area (Å²) < 4.78 is 13.8. The van der Waals surface area contributed by atoms with Gasteiger partial charge in [-0.2, -0.15) is 0 Å². The van der Waals surface area contributed by atoms with E-state index in [2.05, 4.69) is 5.32 Å². The number of benzene rings is 2. The Morgan fingerprint density at radius 2 is 1.96 bits per heavy atom. The first-order valence-corrected chi connectivity index (χ1v) is 8.38. The van der Waals surface area contributed by atoms with Crippen molar-refractivity contribution in [1.29, 1.82) is 0 Å². The van der Waals surface area contributed by atoms with Crippen molar-refractivity contribution >= 4 is 23.5 Å². The fraction of sp³-hybridized carbons (Fsp3) is 0.263. The Labute approximate surface area is 149 Å². The van der Waals surface area contributed by atoms with E-state index >= 15 is 0 Å². The molecule has 0 fully saturated rings. The lowest BCUT2D eigenvalue weighted by Crippen LogP contribution is -2.40. The number of nitrogens with one attached hydrogen (secondary N) is 1. The molecule has 0 bridgehead atoms. The van der Waals surface area contributed by atoms with Gasteiger partial charge in [-0.25, -0.2) is 4.39 Å². The second-order valence-electron chi connectivity index (χ2n) is 6.09. The lowest BCUT2D eigenvalue weighted by atomic mass is 9.98. The quantitative estimate of drug-likeness (QED) is 0.858. The second kappa shape index (κ2) is 7.23. The summed E-state index contributed by atoms with van der Waals surface area (Å²) in [7, 11) is 0. The SMILES string of the molecule is O=C(CCc1c(F)cccc1Cl)NC1Cc2ccccc2C1C(=O)O. The van der Waals surface area contributed by atoms with Crippen LogP contribution in [0.4, 0.5) is 4.39 Å². The summed E-state index contributed by atoms with van der Waals surface area (Å²) in [5.74, 6) is -2.50. The molecule has 0 radical (unpaired) electrons. The van der Waals surface area contributed by atoms with Crippen LogP contribution in [0, 0.1) is 5.82 Å². The maximum Gasteiger partial charge on any atom is 0.313 e. The summed E-state index contributed by atoms with van der Waals surface area (Å²) in [5.41, 5.74) is 1.96. The van der Waals surface area contributed by atoms with E-state index in [1.165, 1.54) is 12.1 Å². The van der Waals surface area contributed by atoms with Gasteiger partial charge in [-0.1, -0.05) is 41.9 Å². The molecule has 1 aliphatic carbocycles. The lowest BCUT2D eigenvalue weighted by molar-refractivity contribution is -0.139. The van der Waals surface area contributed by atoms with Crippen molar-refractivity contribution in [2.75, 3.05) is 0 Å². The molecule has 1 aliphatic rings. The highest BCUT2D eigenvalue weighted by Gasteiger charge is 2.38. The highest BCUT2D eigenvalue weighted by atomic mass is 35.5. The molecule has 0 saturated carbocycles. The summed E-state index contributed by atoms with van der Waals surface area (Å²) in [6, 6.07) is 11.2. The number of fused-ring (bicyclic) bond motifs is 1. The van der Waals surface area contributed by atoms with Gasteiger partial charge in [0.25, 0.3) is 0 Å². The minimum absolute atomic E-state index is 0.0415. The molecule has 1 amide bonds. The molecule has 2 atom stereocenters. The van der Waals surface area contributed by atoms with E-state index in [9.17, 15) is 19.1 Å². The van der Waals surface area contributed by atoms with Crippen molar-refractivity contribution in [3.8, 4) is 0 Å². The Morgan fingerprint density at radius 3 is 2.68 bits per heavy atom. The Hall–Kier alpha value is -2.40. The van der Waals surface area contributed by atoms with Crippen LogP contribution >= 0.6 is 11.6 Å². The Kier molecular flexibility index (Phi) is 5.04. The van der Waals surface area contributed by atoms with Crippen LogP contribution in [0.5, 0.6) is 0 Å². The number of hydrogen-bond acceptors (Lipinski definition) is 2. The number of carboxylic acids is 1. The molecule has 3 rings (SSSR count). The average molecular weight is 362 g/mol. The van der Waals surface area contributed by atoms with E-state index in [0.717, 1.165) is 11.1 Å². The van der Waals surface area contributed by atoms with Crippen molar-refractivity contribution in [2.45, 2.75) is 31.2 Å². The number of aliphatic carboxylic acids is 1. The van der Waals surface area contributed by atoms with Gasteiger partial charge in [0.1, 0.15) is 11.7 Å². The predicted molar refractivity (Wildman–Crippen MR) is 92.2 cm³/mol. The molecule has 6 heteroatoms. The number of amides is 1. The molecular formula is C19H17ClFNO3. The average Bonchev–Trinajstić information content (AvgIpc) is 2.92. The Balaban J connectivity index is 1.66. The second-order valence-corrected chi connectivity index (χ2v) is 6.50. The smallest absolute Gasteiger partial charge is 0.313 e. The summed E-state index contributed by atoms with van der Waals surface area (Å²) in [4.78, 5) is 23.9. The molecule has 2 aromatic carbocycles. The van der Waals surface area contributed by atoms with Gasteiger partial charge in [-0.15, -0.1) is 0 Å². The number of carbonyl (C=O) groups excluding carboxylic acids is 1. The van der Waals surface area contributed by atoms with Gasteiger partial charge in [-0.05, 0) is 36.1 Å². The first-order valence-electron chi connectivity index (χ1n) is 8.00. The molecule has 0 saturated heterocycles. The fourth-order valence-electron chi connectivity index (χ4n) is 3.32. The maximum atomic E-state index is 13.8. The number of carboxylic acid groups (broad SMARTS) is 1. The van der Waals surface area contributed by atoms with E-state index in [1.807, 2.05) is 12.1 Å². The molecule has 0 heterocycles. The monoisotopic (exact) mass is 361 g/mol. The molecular weight excluding hydrogens is 345 g/mol. The highest BCUT2D eigenvalue weighted by Crippen LogP contribution is 2.33. The summed E-state index contributed by atoms with van der Waals surface area (Å²) in [5, 5.41) is 12.6. The van der Waals surface area contributed by atoms with E-state index in [4.69, 9.17) is 11.6 Å². The maximum absolute atomic E-state index is 13.8. The van der Waals surface area contributed by atoms with Crippen molar-refractivity contribution in [1.82, 2.24) is 5.32 Å². The predicted octanol–water partition coefficient (Wildman–Crippen LogP) is 3.32. The molecule has 4 nitrogen and oxygen atoms in total. The van der Waals surface area contributed by atoms with Crippen molar-refractivity contribution in [3.05, 3.63) is 70.0 Å². The number of rotatable bonds is 5. The minimum Gasteiger partial charge on any atom is -0.481 e. The third kappa shape index (κ3) is 3.66. The van der Waals surface area contributed by atoms with Gasteiger partial charge in [0.15, 0.2) is 0 Å². The Morgan fingerprint density at radius 1 is 1.20 bits per heavy atom. The largest absolute Gasteiger partial charge is 0.481 e. The first-order chi connectivity index (χ1) is 12.0. The molecule has 25 heavy (non-hydrogen) atoms. The number of halogens is 2. The van der Waals surface area contributed by atoms with Gasteiger partial charge in [0.2, 0.25) is 5.91 Å². The van der Waals surface area contributed by atoms with Gasteiger partial charge >= 0.3 is 5.97 Å². The van der Waals surface area contributed by atoms with Crippen molar-refractivity contribution in [3.63, 3.8) is 0 Å². The topological polar surface area (TPSA) is 66.4 Å². The van der Waals surface area contributed by atoms with E-state index < -0.39 is 23.7 Å². The minimum atomic E-state index is -0.965. The lowest BCUT2D eigenvalue weighted by Gasteiger charge is -2.18. The molecule has 2 aromatic rings. The molecule has 2 unspecified atom stereocenters. The van der Waals surface area contributed by atoms with E-state index in [-0.39, 0.29) is 23.8 Å².